The van der Waals surface area contributed by atoms with Gasteiger partial charge in [0, 0.05) is 0 Å². The predicted molar refractivity (Wildman–Crippen MR) is 37.6 cm³/mol. The number of nitrogens with two attached hydrogens (primary N) is 1. The Morgan fingerprint density at radius 1 is 1.73 bits per heavy atom. The molecule has 11 heavy (non-hydrogen) atoms. The van der Waals surface area contributed by atoms with Gasteiger partial charge in [0.05, 0.1) is 17.8 Å². The average molecular weight is 154 g/mol. The largest absolute Gasteiger partial charge is 0.447 e. The molecule has 0 saturated heterocycles. The van der Waals surface area contributed by atoms with Crippen molar-refractivity contribution in [3.63, 3.8) is 0 Å². The van der Waals surface area contributed by atoms with Crippen LogP contribution < -0.4 is 5.73 Å². The molecule has 1 aromatic heterocycles. The minimum Gasteiger partial charge on any atom is -0.447 e. The van der Waals surface area contributed by atoms with Gasteiger partial charge in [0.15, 0.2) is 6.39 Å². The van der Waals surface area contributed by atoms with Gasteiger partial charge in [-0.3, -0.25) is 0 Å². The molecule has 0 amide bonds. The van der Waals surface area contributed by atoms with Gasteiger partial charge in [0.2, 0.25) is 0 Å². The zero-order valence-corrected chi connectivity index (χ0v) is 6.03. The van der Waals surface area contributed by atoms with Crippen LogP contribution in [0.5, 0.6) is 0 Å². The molecule has 1 fully saturated rings. The molecule has 0 atom stereocenters. The number of rotatable bonds is 1. The molecule has 1 heterocycles. The number of hydrogen-bond donors (Lipinski definition) is 2. The molecule has 0 spiro atoms. The van der Waals surface area contributed by atoms with E-state index in [2.05, 4.69) is 4.98 Å². The third-order valence-electron chi connectivity index (χ3n) is 2.12. The molecule has 1 aliphatic rings. The quantitative estimate of drug-likeness (QED) is 0.596. The molecular weight excluding hydrogens is 144 g/mol. The smallest absolute Gasteiger partial charge is 0.180 e. The van der Waals surface area contributed by atoms with E-state index in [-0.39, 0.29) is 6.10 Å². The van der Waals surface area contributed by atoms with Crippen molar-refractivity contribution in [2.24, 2.45) is 5.73 Å². The SMILES string of the molecule is NC1(c2cnco2)CC(O)C1. The Kier molecular flexibility index (Phi) is 1.27. The molecule has 3 N–H and O–H groups in total. The van der Waals surface area contributed by atoms with Crippen LogP contribution in [0.25, 0.3) is 0 Å². The van der Waals surface area contributed by atoms with E-state index >= 15 is 0 Å². The Morgan fingerprint density at radius 3 is 2.91 bits per heavy atom. The molecule has 60 valence electrons. The fourth-order valence-electron chi connectivity index (χ4n) is 1.44. The molecule has 1 aromatic rings. The van der Waals surface area contributed by atoms with Crippen LogP contribution >= 0.6 is 0 Å². The van der Waals surface area contributed by atoms with Crippen molar-refractivity contribution in [3.8, 4) is 0 Å². The van der Waals surface area contributed by atoms with Crippen molar-refractivity contribution >= 4 is 0 Å². The standard InChI is InChI=1S/C7H10N2O2/c8-7(1-5(10)2-7)6-3-9-4-11-6/h3-5,10H,1-2,8H2. The van der Waals surface area contributed by atoms with Gasteiger partial charge in [-0.05, 0) is 12.8 Å². The van der Waals surface area contributed by atoms with Gasteiger partial charge < -0.3 is 15.3 Å². The number of aliphatic hydroxyl groups excluding tert-OH is 1. The number of aromatic nitrogens is 1. The Hall–Kier alpha value is -0.870. The lowest BCUT2D eigenvalue weighted by Gasteiger charge is -2.39. The van der Waals surface area contributed by atoms with E-state index < -0.39 is 5.54 Å². The Balaban J connectivity index is 2.18. The topological polar surface area (TPSA) is 72.3 Å². The van der Waals surface area contributed by atoms with Gasteiger partial charge in [-0.15, -0.1) is 0 Å². The van der Waals surface area contributed by atoms with E-state index in [9.17, 15) is 0 Å². The summed E-state index contributed by atoms with van der Waals surface area (Å²) in [5.41, 5.74) is 5.40. The summed E-state index contributed by atoms with van der Waals surface area (Å²) in [6, 6.07) is 0. The summed E-state index contributed by atoms with van der Waals surface area (Å²) >= 11 is 0. The predicted octanol–water partition coefficient (Wildman–Crippen LogP) is -0.0167. The second kappa shape index (κ2) is 2.06. The highest BCUT2D eigenvalue weighted by Crippen LogP contribution is 2.38. The first-order valence-electron chi connectivity index (χ1n) is 3.57. The molecule has 2 rings (SSSR count). The maximum absolute atomic E-state index is 9.04. The lowest BCUT2D eigenvalue weighted by molar-refractivity contribution is 0.0101. The van der Waals surface area contributed by atoms with Crippen molar-refractivity contribution in [2.75, 3.05) is 0 Å². The van der Waals surface area contributed by atoms with Crippen molar-refractivity contribution in [2.45, 2.75) is 24.5 Å². The van der Waals surface area contributed by atoms with E-state index in [0.29, 0.717) is 18.6 Å². The Labute approximate surface area is 64.0 Å². The Morgan fingerprint density at radius 2 is 2.45 bits per heavy atom. The fourth-order valence-corrected chi connectivity index (χ4v) is 1.44. The third-order valence-corrected chi connectivity index (χ3v) is 2.12. The molecular formula is C7H10N2O2. The normalized spacial score (nSPS) is 36.7. The molecule has 4 heteroatoms. The minimum absolute atomic E-state index is 0.273. The van der Waals surface area contributed by atoms with Crippen molar-refractivity contribution in [1.82, 2.24) is 4.98 Å². The van der Waals surface area contributed by atoms with E-state index in [1.807, 2.05) is 0 Å². The number of hydrogen-bond acceptors (Lipinski definition) is 4. The summed E-state index contributed by atoms with van der Waals surface area (Å²) in [7, 11) is 0. The summed E-state index contributed by atoms with van der Waals surface area (Å²) in [6.07, 6.45) is 3.83. The van der Waals surface area contributed by atoms with E-state index in [0.717, 1.165) is 0 Å². The van der Waals surface area contributed by atoms with Gasteiger partial charge >= 0.3 is 0 Å². The summed E-state index contributed by atoms with van der Waals surface area (Å²) < 4.78 is 5.04. The van der Waals surface area contributed by atoms with Gasteiger partial charge in [-0.25, -0.2) is 4.98 Å². The molecule has 1 aliphatic carbocycles. The van der Waals surface area contributed by atoms with Crippen molar-refractivity contribution < 1.29 is 9.52 Å². The average Bonchev–Trinajstić information content (AvgIpc) is 2.34. The fraction of sp³-hybridized carbons (Fsp3) is 0.571. The first-order chi connectivity index (χ1) is 5.21. The lowest BCUT2D eigenvalue weighted by Crippen LogP contribution is -2.51. The van der Waals surface area contributed by atoms with Crippen LogP contribution in [0, 0.1) is 0 Å². The van der Waals surface area contributed by atoms with E-state index in [1.165, 1.54) is 6.39 Å². The molecule has 1 saturated carbocycles. The molecule has 0 aromatic carbocycles. The van der Waals surface area contributed by atoms with Gasteiger partial charge in [-0.1, -0.05) is 0 Å². The second-order valence-corrected chi connectivity index (χ2v) is 3.08. The van der Waals surface area contributed by atoms with E-state index in [4.69, 9.17) is 15.3 Å². The van der Waals surface area contributed by atoms with Crippen LogP contribution in [-0.2, 0) is 5.54 Å². The zero-order chi connectivity index (χ0) is 7.90. The highest BCUT2D eigenvalue weighted by Gasteiger charge is 2.43. The highest BCUT2D eigenvalue weighted by atomic mass is 16.3. The number of oxazole rings is 1. The highest BCUT2D eigenvalue weighted by molar-refractivity contribution is 5.14. The first kappa shape index (κ1) is 6.82. The minimum atomic E-state index is -0.462. The Bertz CT molecular complexity index is 239. The summed E-state index contributed by atoms with van der Waals surface area (Å²) in [5, 5.41) is 9.04. The number of nitrogens with zero attached hydrogens (tertiary/aromatic N) is 1. The number of aliphatic hydroxyl groups is 1. The van der Waals surface area contributed by atoms with Crippen LogP contribution in [-0.4, -0.2) is 16.2 Å². The molecule has 0 unspecified atom stereocenters. The molecule has 0 radical (unpaired) electrons. The lowest BCUT2D eigenvalue weighted by atomic mass is 9.74. The zero-order valence-electron chi connectivity index (χ0n) is 6.03. The molecule has 4 nitrogen and oxygen atoms in total. The maximum Gasteiger partial charge on any atom is 0.180 e. The van der Waals surface area contributed by atoms with Crippen LogP contribution in [0.2, 0.25) is 0 Å². The van der Waals surface area contributed by atoms with Gasteiger partial charge in [0.25, 0.3) is 0 Å². The summed E-state index contributed by atoms with van der Waals surface area (Å²) in [6.45, 7) is 0. The molecule has 0 aliphatic heterocycles. The monoisotopic (exact) mass is 154 g/mol. The van der Waals surface area contributed by atoms with Crippen molar-refractivity contribution in [3.05, 3.63) is 18.4 Å². The third kappa shape index (κ3) is 0.948. The van der Waals surface area contributed by atoms with Crippen LogP contribution in [0.15, 0.2) is 17.0 Å². The van der Waals surface area contributed by atoms with Crippen LogP contribution in [0.3, 0.4) is 0 Å². The first-order valence-corrected chi connectivity index (χ1v) is 3.57. The van der Waals surface area contributed by atoms with Gasteiger partial charge in [0.1, 0.15) is 5.76 Å². The second-order valence-electron chi connectivity index (χ2n) is 3.08. The molecule has 0 bridgehead atoms. The van der Waals surface area contributed by atoms with Gasteiger partial charge in [-0.2, -0.15) is 0 Å². The summed E-state index contributed by atoms with van der Waals surface area (Å²) in [4.78, 5) is 3.77. The maximum atomic E-state index is 9.04. The van der Waals surface area contributed by atoms with Crippen molar-refractivity contribution in [1.29, 1.82) is 0 Å². The van der Waals surface area contributed by atoms with E-state index in [1.54, 1.807) is 6.20 Å². The summed E-state index contributed by atoms with van der Waals surface area (Å²) in [5.74, 6) is 0.669. The van der Waals surface area contributed by atoms with Crippen LogP contribution in [0.4, 0.5) is 0 Å². The van der Waals surface area contributed by atoms with Crippen LogP contribution in [0.1, 0.15) is 18.6 Å².